The molecule has 0 radical (unpaired) electrons. The molecule has 0 atom stereocenters. The van der Waals surface area contributed by atoms with E-state index in [9.17, 15) is 10.1 Å². The molecule has 1 N–H and O–H groups in total. The standard InChI is InChI=1S/C13H19IN2O2/c1-9(2)13(3,4)8-15-11-6-5-10(14)7-12(11)16(17)18/h5-7,9,15H,8H2,1-4H3. The van der Waals surface area contributed by atoms with Crippen molar-refractivity contribution < 1.29 is 4.92 Å². The number of nitrogens with one attached hydrogen (secondary N) is 1. The largest absolute Gasteiger partial charge is 0.379 e. The van der Waals surface area contributed by atoms with E-state index >= 15 is 0 Å². The summed E-state index contributed by atoms with van der Waals surface area (Å²) in [5, 5.41) is 14.2. The fourth-order valence-corrected chi connectivity index (χ4v) is 1.81. The van der Waals surface area contributed by atoms with Gasteiger partial charge in [-0.05, 0) is 46.1 Å². The van der Waals surface area contributed by atoms with Crippen molar-refractivity contribution in [2.24, 2.45) is 11.3 Å². The fourth-order valence-electron chi connectivity index (χ4n) is 1.33. The van der Waals surface area contributed by atoms with Crippen LogP contribution < -0.4 is 5.32 Å². The number of nitrogens with zero attached hydrogens (tertiary/aromatic N) is 1. The fraction of sp³-hybridized carbons (Fsp3) is 0.538. The van der Waals surface area contributed by atoms with E-state index in [1.165, 1.54) is 0 Å². The molecule has 0 aliphatic heterocycles. The van der Waals surface area contributed by atoms with Crippen molar-refractivity contribution in [1.29, 1.82) is 0 Å². The van der Waals surface area contributed by atoms with E-state index in [2.05, 4.69) is 55.6 Å². The van der Waals surface area contributed by atoms with Gasteiger partial charge in [-0.1, -0.05) is 27.7 Å². The zero-order valence-electron chi connectivity index (χ0n) is 11.2. The molecule has 0 spiro atoms. The second-order valence-corrected chi connectivity index (χ2v) is 6.66. The lowest BCUT2D eigenvalue weighted by Crippen LogP contribution is -2.28. The molecule has 0 aliphatic carbocycles. The van der Waals surface area contributed by atoms with Gasteiger partial charge in [0.1, 0.15) is 5.69 Å². The number of nitro groups is 1. The molecule has 100 valence electrons. The topological polar surface area (TPSA) is 55.2 Å². The van der Waals surface area contributed by atoms with Crippen LogP contribution in [0.4, 0.5) is 11.4 Å². The summed E-state index contributed by atoms with van der Waals surface area (Å²) in [6, 6.07) is 5.24. The minimum absolute atomic E-state index is 0.0941. The molecule has 18 heavy (non-hydrogen) atoms. The molecule has 0 saturated carbocycles. The summed E-state index contributed by atoms with van der Waals surface area (Å²) in [6.45, 7) is 9.34. The summed E-state index contributed by atoms with van der Waals surface area (Å²) >= 11 is 2.08. The van der Waals surface area contributed by atoms with Crippen molar-refractivity contribution in [3.63, 3.8) is 0 Å². The molecular weight excluding hydrogens is 343 g/mol. The summed E-state index contributed by atoms with van der Waals surface area (Å²) in [6.07, 6.45) is 0. The summed E-state index contributed by atoms with van der Waals surface area (Å²) in [4.78, 5) is 10.7. The van der Waals surface area contributed by atoms with Gasteiger partial charge < -0.3 is 5.32 Å². The number of hydrogen-bond donors (Lipinski definition) is 1. The SMILES string of the molecule is CC(C)C(C)(C)CNc1ccc(I)cc1[N+](=O)[O-]. The lowest BCUT2D eigenvalue weighted by atomic mass is 9.81. The molecule has 0 aliphatic rings. The van der Waals surface area contributed by atoms with Gasteiger partial charge in [0.25, 0.3) is 5.69 Å². The van der Waals surface area contributed by atoms with Gasteiger partial charge in [-0.2, -0.15) is 0 Å². The number of nitro benzene ring substituents is 1. The van der Waals surface area contributed by atoms with Crippen molar-refractivity contribution in [2.75, 3.05) is 11.9 Å². The summed E-state index contributed by atoms with van der Waals surface area (Å²) < 4.78 is 0.868. The van der Waals surface area contributed by atoms with Gasteiger partial charge >= 0.3 is 0 Å². The zero-order chi connectivity index (χ0) is 13.9. The van der Waals surface area contributed by atoms with Gasteiger partial charge in [-0.25, -0.2) is 0 Å². The van der Waals surface area contributed by atoms with Crippen LogP contribution in [-0.4, -0.2) is 11.5 Å². The average Bonchev–Trinajstić information content (AvgIpc) is 2.27. The van der Waals surface area contributed by atoms with E-state index in [0.717, 1.165) is 3.57 Å². The van der Waals surface area contributed by atoms with Crippen LogP contribution in [0, 0.1) is 25.0 Å². The number of halogens is 1. The Morgan fingerprint density at radius 2 is 2.06 bits per heavy atom. The number of benzene rings is 1. The Hall–Kier alpha value is -0.850. The zero-order valence-corrected chi connectivity index (χ0v) is 13.3. The summed E-state index contributed by atoms with van der Waals surface area (Å²) in [5.41, 5.74) is 0.826. The molecule has 0 unspecified atom stereocenters. The Morgan fingerprint density at radius 3 is 2.56 bits per heavy atom. The van der Waals surface area contributed by atoms with Crippen LogP contribution >= 0.6 is 22.6 Å². The highest BCUT2D eigenvalue weighted by Gasteiger charge is 2.23. The number of rotatable bonds is 5. The first-order valence-corrected chi connectivity index (χ1v) is 7.00. The van der Waals surface area contributed by atoms with E-state index in [4.69, 9.17) is 0 Å². The minimum atomic E-state index is -0.340. The molecule has 0 aromatic heterocycles. The Kier molecular flexibility index (Phi) is 4.95. The van der Waals surface area contributed by atoms with E-state index < -0.39 is 0 Å². The van der Waals surface area contributed by atoms with E-state index in [1.807, 2.05) is 6.07 Å². The predicted molar refractivity (Wildman–Crippen MR) is 82.9 cm³/mol. The smallest absolute Gasteiger partial charge is 0.293 e. The first-order chi connectivity index (χ1) is 8.24. The third-order valence-corrected chi connectivity index (χ3v) is 4.12. The van der Waals surface area contributed by atoms with Crippen molar-refractivity contribution in [1.82, 2.24) is 0 Å². The predicted octanol–water partition coefficient (Wildman–Crippen LogP) is 4.29. The lowest BCUT2D eigenvalue weighted by molar-refractivity contribution is -0.384. The average molecular weight is 362 g/mol. The second kappa shape index (κ2) is 5.86. The van der Waals surface area contributed by atoms with E-state index in [1.54, 1.807) is 12.1 Å². The van der Waals surface area contributed by atoms with Crippen molar-refractivity contribution in [2.45, 2.75) is 27.7 Å². The Labute approximate surface area is 121 Å². The minimum Gasteiger partial charge on any atom is -0.379 e. The number of hydrogen-bond acceptors (Lipinski definition) is 3. The first kappa shape index (κ1) is 15.2. The van der Waals surface area contributed by atoms with Gasteiger partial charge in [0.05, 0.1) is 4.92 Å². The van der Waals surface area contributed by atoms with Gasteiger partial charge in [0, 0.05) is 16.2 Å². The maximum Gasteiger partial charge on any atom is 0.293 e. The Bertz CT molecular complexity index is 445. The Balaban J connectivity index is 2.89. The summed E-state index contributed by atoms with van der Waals surface area (Å²) in [7, 11) is 0. The van der Waals surface area contributed by atoms with Crippen LogP contribution in [0.3, 0.4) is 0 Å². The van der Waals surface area contributed by atoms with Crippen LogP contribution in [-0.2, 0) is 0 Å². The third-order valence-electron chi connectivity index (χ3n) is 3.45. The summed E-state index contributed by atoms with van der Waals surface area (Å²) in [5.74, 6) is 0.507. The second-order valence-electron chi connectivity index (χ2n) is 5.42. The molecule has 0 bridgehead atoms. The number of anilines is 1. The van der Waals surface area contributed by atoms with Gasteiger partial charge in [-0.3, -0.25) is 10.1 Å². The van der Waals surface area contributed by atoms with Crippen LogP contribution in [0.1, 0.15) is 27.7 Å². The monoisotopic (exact) mass is 362 g/mol. The van der Waals surface area contributed by atoms with Crippen LogP contribution in [0.25, 0.3) is 0 Å². The van der Waals surface area contributed by atoms with Crippen molar-refractivity contribution in [3.05, 3.63) is 31.9 Å². The molecule has 1 aromatic carbocycles. The Morgan fingerprint density at radius 1 is 1.44 bits per heavy atom. The normalized spacial score (nSPS) is 11.7. The van der Waals surface area contributed by atoms with Crippen LogP contribution in [0.2, 0.25) is 0 Å². The van der Waals surface area contributed by atoms with Gasteiger partial charge in [0.15, 0.2) is 0 Å². The molecule has 1 aromatic rings. The highest BCUT2D eigenvalue weighted by atomic mass is 127. The molecule has 0 saturated heterocycles. The van der Waals surface area contributed by atoms with Gasteiger partial charge in [-0.15, -0.1) is 0 Å². The van der Waals surface area contributed by atoms with E-state index in [0.29, 0.717) is 18.2 Å². The van der Waals surface area contributed by atoms with Crippen molar-refractivity contribution >= 4 is 34.0 Å². The third kappa shape index (κ3) is 3.83. The van der Waals surface area contributed by atoms with Crippen LogP contribution in [0.5, 0.6) is 0 Å². The molecule has 0 amide bonds. The highest BCUT2D eigenvalue weighted by molar-refractivity contribution is 14.1. The lowest BCUT2D eigenvalue weighted by Gasteiger charge is -2.29. The van der Waals surface area contributed by atoms with Crippen molar-refractivity contribution in [3.8, 4) is 0 Å². The molecular formula is C13H19IN2O2. The quantitative estimate of drug-likeness (QED) is 0.483. The maximum atomic E-state index is 11.0. The highest BCUT2D eigenvalue weighted by Crippen LogP contribution is 2.30. The van der Waals surface area contributed by atoms with Crippen LogP contribution in [0.15, 0.2) is 18.2 Å². The molecule has 1 rings (SSSR count). The first-order valence-electron chi connectivity index (χ1n) is 5.92. The van der Waals surface area contributed by atoms with E-state index in [-0.39, 0.29) is 16.0 Å². The van der Waals surface area contributed by atoms with Gasteiger partial charge in [0.2, 0.25) is 0 Å². The molecule has 5 heteroatoms. The molecule has 0 heterocycles. The molecule has 0 fully saturated rings. The maximum absolute atomic E-state index is 11.0. The molecule has 4 nitrogen and oxygen atoms in total.